The van der Waals surface area contributed by atoms with Crippen molar-refractivity contribution in [3.8, 4) is 0 Å². The maximum absolute atomic E-state index is 11.5. The lowest BCUT2D eigenvalue weighted by molar-refractivity contribution is -0.154. The summed E-state index contributed by atoms with van der Waals surface area (Å²) in [7, 11) is 0. The number of hydrogen-bond acceptors (Lipinski definition) is 4. The Morgan fingerprint density at radius 3 is 2.56 bits per heavy atom. The summed E-state index contributed by atoms with van der Waals surface area (Å²) in [6.07, 6.45) is 0.252. The Labute approximate surface area is 108 Å². The molecule has 18 heavy (non-hydrogen) atoms. The predicted octanol–water partition coefficient (Wildman–Crippen LogP) is 0.365. The quantitative estimate of drug-likeness (QED) is 0.449. The van der Waals surface area contributed by atoms with Gasteiger partial charge in [0, 0.05) is 13.1 Å². The third kappa shape index (κ3) is 5.86. The number of guanidine groups is 1. The van der Waals surface area contributed by atoms with Crippen LogP contribution in [-0.2, 0) is 14.3 Å². The number of morpholine rings is 1. The number of esters is 1. The molecule has 0 aromatic heterocycles. The fourth-order valence-electron chi connectivity index (χ4n) is 1.55. The third-order valence-electron chi connectivity index (χ3n) is 2.34. The van der Waals surface area contributed by atoms with Gasteiger partial charge in [-0.15, -0.1) is 0 Å². The Balaban J connectivity index is 2.28. The minimum atomic E-state index is -0.448. The molecular weight excluding hydrogens is 234 g/mol. The van der Waals surface area contributed by atoms with Gasteiger partial charge in [0.1, 0.15) is 5.60 Å². The van der Waals surface area contributed by atoms with E-state index in [0.29, 0.717) is 25.7 Å². The van der Waals surface area contributed by atoms with Crippen LogP contribution >= 0.6 is 0 Å². The summed E-state index contributed by atoms with van der Waals surface area (Å²) in [5, 5.41) is 0. The fraction of sp³-hybridized carbons (Fsp3) is 0.833. The van der Waals surface area contributed by atoms with Crippen LogP contribution < -0.4 is 5.73 Å². The van der Waals surface area contributed by atoms with Crippen LogP contribution in [0.15, 0.2) is 4.99 Å². The van der Waals surface area contributed by atoms with Crippen molar-refractivity contribution in [3.05, 3.63) is 0 Å². The van der Waals surface area contributed by atoms with Crippen LogP contribution in [-0.4, -0.2) is 55.3 Å². The van der Waals surface area contributed by atoms with Crippen LogP contribution in [0.2, 0.25) is 0 Å². The van der Waals surface area contributed by atoms with Gasteiger partial charge in [0.25, 0.3) is 0 Å². The van der Waals surface area contributed by atoms with Crippen LogP contribution in [0.4, 0.5) is 0 Å². The minimum absolute atomic E-state index is 0.249. The van der Waals surface area contributed by atoms with Crippen LogP contribution in [0.5, 0.6) is 0 Å². The van der Waals surface area contributed by atoms with E-state index in [1.54, 1.807) is 0 Å². The van der Waals surface area contributed by atoms with Crippen LogP contribution in [0, 0.1) is 0 Å². The van der Waals surface area contributed by atoms with Gasteiger partial charge in [-0.1, -0.05) is 0 Å². The predicted molar refractivity (Wildman–Crippen MR) is 69.3 cm³/mol. The van der Waals surface area contributed by atoms with Crippen molar-refractivity contribution >= 4 is 11.9 Å². The Morgan fingerprint density at radius 2 is 2.00 bits per heavy atom. The first-order valence-corrected chi connectivity index (χ1v) is 6.23. The van der Waals surface area contributed by atoms with E-state index < -0.39 is 5.60 Å². The number of hydrogen-bond donors (Lipinski definition) is 1. The fourth-order valence-corrected chi connectivity index (χ4v) is 1.55. The first-order valence-electron chi connectivity index (χ1n) is 6.23. The molecule has 0 aromatic carbocycles. The number of nitrogens with two attached hydrogens (primary N) is 1. The molecule has 0 bridgehead atoms. The number of carbonyl (C=O) groups excluding carboxylic acids is 1. The average Bonchev–Trinajstić information content (AvgIpc) is 2.27. The largest absolute Gasteiger partial charge is 0.460 e. The lowest BCUT2D eigenvalue weighted by atomic mass is 10.2. The molecule has 0 spiro atoms. The second kappa shape index (κ2) is 6.58. The van der Waals surface area contributed by atoms with Crippen molar-refractivity contribution in [2.75, 3.05) is 32.8 Å². The zero-order valence-corrected chi connectivity index (χ0v) is 11.4. The first-order chi connectivity index (χ1) is 8.38. The second-order valence-corrected chi connectivity index (χ2v) is 5.18. The van der Waals surface area contributed by atoms with Gasteiger partial charge in [-0.2, -0.15) is 0 Å². The van der Waals surface area contributed by atoms with Crippen LogP contribution in [0.1, 0.15) is 27.2 Å². The highest BCUT2D eigenvalue weighted by atomic mass is 16.6. The number of carbonyl (C=O) groups is 1. The van der Waals surface area contributed by atoms with Gasteiger partial charge in [0.15, 0.2) is 5.96 Å². The van der Waals surface area contributed by atoms with Crippen molar-refractivity contribution < 1.29 is 14.3 Å². The highest BCUT2D eigenvalue weighted by Crippen LogP contribution is 2.08. The van der Waals surface area contributed by atoms with Gasteiger partial charge in [-0.05, 0) is 20.8 Å². The maximum atomic E-state index is 11.5. The molecule has 1 rings (SSSR count). The summed E-state index contributed by atoms with van der Waals surface area (Å²) in [4.78, 5) is 17.6. The molecule has 2 N–H and O–H groups in total. The SMILES string of the molecule is CC(C)(C)OC(=O)CCN=C(N)N1CCOCC1. The molecule has 6 heteroatoms. The van der Waals surface area contributed by atoms with E-state index in [1.165, 1.54) is 0 Å². The van der Waals surface area contributed by atoms with Gasteiger partial charge >= 0.3 is 5.97 Å². The molecule has 6 nitrogen and oxygen atoms in total. The lowest BCUT2D eigenvalue weighted by Gasteiger charge is -2.27. The van der Waals surface area contributed by atoms with E-state index in [2.05, 4.69) is 4.99 Å². The topological polar surface area (TPSA) is 77.1 Å². The molecule has 0 unspecified atom stereocenters. The van der Waals surface area contributed by atoms with E-state index in [9.17, 15) is 4.79 Å². The van der Waals surface area contributed by atoms with E-state index in [4.69, 9.17) is 15.2 Å². The van der Waals surface area contributed by atoms with Crippen molar-refractivity contribution in [1.29, 1.82) is 0 Å². The Bertz CT molecular complexity index is 304. The van der Waals surface area contributed by atoms with Gasteiger partial charge in [0.05, 0.1) is 26.2 Å². The summed E-state index contributed by atoms with van der Waals surface area (Å²) in [6.45, 7) is 8.73. The molecular formula is C12H23N3O3. The summed E-state index contributed by atoms with van der Waals surface area (Å²) < 4.78 is 10.4. The lowest BCUT2D eigenvalue weighted by Crippen LogP contribution is -2.44. The van der Waals surface area contributed by atoms with E-state index in [0.717, 1.165) is 13.1 Å². The van der Waals surface area contributed by atoms with Crippen molar-refractivity contribution in [3.63, 3.8) is 0 Å². The average molecular weight is 257 g/mol. The highest BCUT2D eigenvalue weighted by Gasteiger charge is 2.16. The zero-order chi connectivity index (χ0) is 13.6. The Morgan fingerprint density at radius 1 is 1.39 bits per heavy atom. The van der Waals surface area contributed by atoms with E-state index in [1.807, 2.05) is 25.7 Å². The van der Waals surface area contributed by atoms with Crippen molar-refractivity contribution in [2.24, 2.45) is 10.7 Å². The molecule has 1 heterocycles. The second-order valence-electron chi connectivity index (χ2n) is 5.18. The zero-order valence-electron chi connectivity index (χ0n) is 11.4. The van der Waals surface area contributed by atoms with E-state index >= 15 is 0 Å². The summed E-state index contributed by atoms with van der Waals surface area (Å²) in [5.41, 5.74) is 5.38. The van der Waals surface area contributed by atoms with Crippen LogP contribution in [0.3, 0.4) is 0 Å². The number of ether oxygens (including phenoxy) is 2. The molecule has 104 valence electrons. The summed E-state index contributed by atoms with van der Waals surface area (Å²) in [6, 6.07) is 0. The van der Waals surface area contributed by atoms with Gasteiger partial charge in [-0.25, -0.2) is 0 Å². The van der Waals surface area contributed by atoms with Crippen molar-refractivity contribution in [1.82, 2.24) is 4.90 Å². The molecule has 1 fully saturated rings. The van der Waals surface area contributed by atoms with Crippen molar-refractivity contribution in [2.45, 2.75) is 32.8 Å². The van der Waals surface area contributed by atoms with Gasteiger partial charge < -0.3 is 20.1 Å². The molecule has 1 aliphatic heterocycles. The molecule has 1 aliphatic rings. The summed E-state index contributed by atoms with van der Waals surface area (Å²) in [5.74, 6) is 0.225. The van der Waals surface area contributed by atoms with Gasteiger partial charge in [0.2, 0.25) is 0 Å². The molecule has 0 radical (unpaired) electrons. The molecule has 0 aliphatic carbocycles. The Kier molecular flexibility index (Phi) is 5.40. The van der Waals surface area contributed by atoms with E-state index in [-0.39, 0.29) is 12.4 Å². The number of aliphatic imine (C=N–C) groups is 1. The smallest absolute Gasteiger partial charge is 0.308 e. The summed E-state index contributed by atoms with van der Waals surface area (Å²) >= 11 is 0. The van der Waals surface area contributed by atoms with Gasteiger partial charge in [-0.3, -0.25) is 9.79 Å². The highest BCUT2D eigenvalue weighted by molar-refractivity contribution is 5.78. The standard InChI is InChI=1S/C12H23N3O3/c1-12(2,3)18-10(16)4-5-14-11(13)15-6-8-17-9-7-15/h4-9H2,1-3H3,(H2,13,14). The molecule has 0 saturated carbocycles. The Hall–Kier alpha value is -1.30. The molecule has 1 saturated heterocycles. The normalized spacial score (nSPS) is 17.7. The number of rotatable bonds is 3. The monoisotopic (exact) mass is 257 g/mol. The number of nitrogens with zero attached hydrogens (tertiary/aromatic N) is 2. The third-order valence-corrected chi connectivity index (χ3v) is 2.34. The molecule has 0 amide bonds. The minimum Gasteiger partial charge on any atom is -0.460 e. The maximum Gasteiger partial charge on any atom is 0.308 e. The van der Waals surface area contributed by atoms with Crippen LogP contribution in [0.25, 0.3) is 0 Å². The molecule has 0 aromatic rings. The molecule has 0 atom stereocenters. The first kappa shape index (κ1) is 14.8.